The Hall–Kier alpha value is -3.57. The van der Waals surface area contributed by atoms with E-state index in [1.807, 2.05) is 0 Å². The van der Waals surface area contributed by atoms with Gasteiger partial charge in [0.25, 0.3) is 11.6 Å². The predicted molar refractivity (Wildman–Crippen MR) is 109 cm³/mol. The molecule has 4 rings (SSSR count). The predicted octanol–water partition coefficient (Wildman–Crippen LogP) is 2.29. The number of non-ortho nitro benzene ring substituents is 1. The first-order valence-corrected chi connectivity index (χ1v) is 9.72. The second kappa shape index (κ2) is 8.05. The number of hydrogen-bond acceptors (Lipinski definition) is 7. The molecule has 30 heavy (non-hydrogen) atoms. The first-order valence-electron chi connectivity index (χ1n) is 8.90. The van der Waals surface area contributed by atoms with Gasteiger partial charge in [0, 0.05) is 25.8 Å². The van der Waals surface area contributed by atoms with E-state index in [0.717, 1.165) is 11.3 Å². The van der Waals surface area contributed by atoms with E-state index in [1.165, 1.54) is 16.7 Å². The second-order valence-electron chi connectivity index (χ2n) is 6.37. The van der Waals surface area contributed by atoms with Crippen LogP contribution < -0.4 is 10.6 Å². The van der Waals surface area contributed by atoms with E-state index >= 15 is 0 Å². The Morgan fingerprint density at radius 3 is 2.80 bits per heavy atom. The third-order valence-corrected chi connectivity index (χ3v) is 5.52. The van der Waals surface area contributed by atoms with Crippen LogP contribution in [0.1, 0.15) is 0 Å². The van der Waals surface area contributed by atoms with Crippen LogP contribution >= 0.6 is 11.3 Å². The van der Waals surface area contributed by atoms with Crippen molar-refractivity contribution in [2.45, 2.75) is 13.1 Å². The number of nitrogens with zero attached hydrogens (tertiary/aromatic N) is 4. The topological polar surface area (TPSA) is 122 Å². The number of amides is 1. The first-order chi connectivity index (χ1) is 14.5. The largest absolute Gasteiger partial charge is 0.420 e. The molecule has 0 unspecified atom stereocenters. The van der Waals surface area contributed by atoms with Gasteiger partial charge in [-0.3, -0.25) is 19.5 Å². The van der Waals surface area contributed by atoms with E-state index in [4.69, 9.17) is 9.15 Å². The maximum Gasteiger partial charge on any atom is 0.420 e. The van der Waals surface area contributed by atoms with E-state index in [2.05, 4.69) is 4.99 Å². The van der Waals surface area contributed by atoms with Crippen LogP contribution in [0.3, 0.4) is 0 Å². The Morgan fingerprint density at radius 1 is 1.23 bits per heavy atom. The van der Waals surface area contributed by atoms with Gasteiger partial charge in [-0.1, -0.05) is 23.5 Å². The van der Waals surface area contributed by atoms with Crippen LogP contribution in [-0.2, 0) is 22.6 Å². The zero-order chi connectivity index (χ0) is 21.3. The number of carbonyl (C=O) groups excluding carboxylic acids is 1. The van der Waals surface area contributed by atoms with E-state index in [9.17, 15) is 19.7 Å². The number of oxazole rings is 1. The maximum absolute atomic E-state index is 12.6. The van der Waals surface area contributed by atoms with E-state index < -0.39 is 16.6 Å². The molecule has 2 aromatic carbocycles. The van der Waals surface area contributed by atoms with Crippen molar-refractivity contribution < 1.29 is 18.9 Å². The molecule has 0 bridgehead atoms. The van der Waals surface area contributed by atoms with Crippen molar-refractivity contribution in [3.05, 3.63) is 67.9 Å². The van der Waals surface area contributed by atoms with Crippen LogP contribution in [0.15, 0.2) is 56.7 Å². The van der Waals surface area contributed by atoms with Crippen molar-refractivity contribution in [2.24, 2.45) is 4.99 Å². The third kappa shape index (κ3) is 3.67. The molecule has 10 nitrogen and oxygen atoms in total. The van der Waals surface area contributed by atoms with Crippen LogP contribution in [0, 0.1) is 10.1 Å². The van der Waals surface area contributed by atoms with E-state index in [-0.39, 0.29) is 12.2 Å². The SMILES string of the molecule is COCCn1c(=NC(=O)Cn2c(=O)oc3ccccc32)sc2cc([N+](=O)[O-])ccc21. The number of aromatic nitrogens is 2. The Kier molecular flexibility index (Phi) is 5.29. The summed E-state index contributed by atoms with van der Waals surface area (Å²) < 4.78 is 13.9. The van der Waals surface area contributed by atoms with Crippen molar-refractivity contribution in [3.8, 4) is 0 Å². The summed E-state index contributed by atoms with van der Waals surface area (Å²) in [7, 11) is 1.55. The van der Waals surface area contributed by atoms with Gasteiger partial charge in [-0.25, -0.2) is 4.79 Å². The van der Waals surface area contributed by atoms with Gasteiger partial charge in [0.1, 0.15) is 6.54 Å². The van der Waals surface area contributed by atoms with E-state index in [1.54, 1.807) is 42.0 Å². The maximum atomic E-state index is 12.6. The lowest BCUT2D eigenvalue weighted by Crippen LogP contribution is -2.23. The molecule has 0 radical (unpaired) electrons. The molecule has 0 spiro atoms. The van der Waals surface area contributed by atoms with Gasteiger partial charge in [-0.2, -0.15) is 4.99 Å². The lowest BCUT2D eigenvalue weighted by atomic mass is 10.3. The number of benzene rings is 2. The molecule has 0 N–H and O–H groups in total. The second-order valence-corrected chi connectivity index (χ2v) is 7.37. The number of fused-ring (bicyclic) bond motifs is 2. The zero-order valence-electron chi connectivity index (χ0n) is 15.8. The highest BCUT2D eigenvalue weighted by Gasteiger charge is 2.15. The number of methoxy groups -OCH3 is 1. The van der Waals surface area contributed by atoms with Crippen molar-refractivity contribution in [1.82, 2.24) is 9.13 Å². The highest BCUT2D eigenvalue weighted by Crippen LogP contribution is 2.23. The van der Waals surface area contributed by atoms with Crippen molar-refractivity contribution in [2.75, 3.05) is 13.7 Å². The molecule has 0 aliphatic rings. The average Bonchev–Trinajstić information content (AvgIpc) is 3.22. The number of thiazole rings is 1. The summed E-state index contributed by atoms with van der Waals surface area (Å²) in [4.78, 5) is 39.9. The zero-order valence-corrected chi connectivity index (χ0v) is 16.6. The standard InChI is InChI=1S/C19H16N4O6S/c1-28-9-8-21-14-7-6-12(23(26)27)10-16(14)30-18(21)20-17(24)11-22-13-4-2-3-5-15(13)29-19(22)25/h2-7,10H,8-9,11H2,1H3. The van der Waals surface area contributed by atoms with Gasteiger partial charge in [0.2, 0.25) is 0 Å². The highest BCUT2D eigenvalue weighted by atomic mass is 32.1. The number of para-hydroxylation sites is 2. The molecule has 0 fully saturated rings. The van der Waals surface area contributed by atoms with Crippen LogP contribution in [0.4, 0.5) is 5.69 Å². The minimum absolute atomic E-state index is 0.0445. The fraction of sp³-hybridized carbons (Fsp3) is 0.211. The lowest BCUT2D eigenvalue weighted by molar-refractivity contribution is -0.384. The molecule has 0 atom stereocenters. The molecule has 11 heteroatoms. The number of carbonyl (C=O) groups is 1. The molecular weight excluding hydrogens is 412 g/mol. The van der Waals surface area contributed by atoms with Gasteiger partial charge in [0.15, 0.2) is 10.4 Å². The number of nitro benzene ring substituents is 1. The Labute approximate surface area is 172 Å². The summed E-state index contributed by atoms with van der Waals surface area (Å²) in [6.07, 6.45) is 0. The van der Waals surface area contributed by atoms with Crippen molar-refractivity contribution in [3.63, 3.8) is 0 Å². The van der Waals surface area contributed by atoms with Crippen LogP contribution in [0.25, 0.3) is 21.3 Å². The summed E-state index contributed by atoms with van der Waals surface area (Å²) >= 11 is 1.16. The summed E-state index contributed by atoms with van der Waals surface area (Å²) in [5.74, 6) is -1.19. The van der Waals surface area contributed by atoms with Gasteiger partial charge < -0.3 is 13.7 Å². The van der Waals surface area contributed by atoms with E-state index in [0.29, 0.717) is 39.3 Å². The van der Waals surface area contributed by atoms with Gasteiger partial charge in [-0.05, 0) is 18.2 Å². The van der Waals surface area contributed by atoms with Gasteiger partial charge >= 0.3 is 5.76 Å². The fourth-order valence-electron chi connectivity index (χ4n) is 3.10. The molecule has 0 saturated heterocycles. The summed E-state index contributed by atoms with van der Waals surface area (Å²) in [6.45, 7) is 0.500. The monoisotopic (exact) mass is 428 g/mol. The summed E-state index contributed by atoms with van der Waals surface area (Å²) in [5.41, 5.74) is 1.56. The Balaban J connectivity index is 1.76. The molecule has 2 aromatic heterocycles. The van der Waals surface area contributed by atoms with Crippen LogP contribution in [0.5, 0.6) is 0 Å². The number of ether oxygens (including phenoxy) is 1. The van der Waals surface area contributed by atoms with Crippen LogP contribution in [-0.4, -0.2) is 33.7 Å². The fourth-order valence-corrected chi connectivity index (χ4v) is 4.21. The van der Waals surface area contributed by atoms with Gasteiger partial charge in [-0.15, -0.1) is 0 Å². The molecule has 4 aromatic rings. The normalized spacial score (nSPS) is 12.1. The molecule has 0 aliphatic carbocycles. The molecule has 0 aliphatic heterocycles. The molecule has 2 heterocycles. The molecule has 1 amide bonds. The third-order valence-electron chi connectivity index (χ3n) is 4.48. The summed E-state index contributed by atoms with van der Waals surface area (Å²) in [5, 5.41) is 11.1. The number of hydrogen-bond donors (Lipinski definition) is 0. The lowest BCUT2D eigenvalue weighted by Gasteiger charge is -2.04. The Morgan fingerprint density at radius 2 is 2.03 bits per heavy atom. The number of nitro groups is 1. The van der Waals surface area contributed by atoms with Gasteiger partial charge in [0.05, 0.1) is 27.3 Å². The molecule has 154 valence electrons. The average molecular weight is 428 g/mol. The minimum Gasteiger partial charge on any atom is -0.408 e. The summed E-state index contributed by atoms with van der Waals surface area (Å²) in [6, 6.07) is 11.3. The number of rotatable bonds is 6. The minimum atomic E-state index is -0.640. The molecular formula is C19H16N4O6S. The quantitative estimate of drug-likeness (QED) is 0.343. The van der Waals surface area contributed by atoms with Crippen molar-refractivity contribution >= 4 is 44.2 Å². The smallest absolute Gasteiger partial charge is 0.408 e. The van der Waals surface area contributed by atoms with Crippen LogP contribution in [0.2, 0.25) is 0 Å². The molecule has 0 saturated carbocycles. The highest BCUT2D eigenvalue weighted by molar-refractivity contribution is 7.16. The first kappa shape index (κ1) is 19.7. The van der Waals surface area contributed by atoms with Crippen molar-refractivity contribution in [1.29, 1.82) is 0 Å². The Bertz CT molecular complexity index is 1390.